The Morgan fingerprint density at radius 3 is 2.65 bits per heavy atom. The topological polar surface area (TPSA) is 80.0 Å². The van der Waals surface area contributed by atoms with Crippen LogP contribution in [0.2, 0.25) is 5.02 Å². The summed E-state index contributed by atoms with van der Waals surface area (Å²) in [5.41, 5.74) is 3.32. The minimum atomic E-state index is -0.314. The standard InChI is InChI=1S/C12H9Br2ClN4O/c13-7-1-2-10(8(14)4-7)18-12(20)6-3-9(15)11(19-16)17-5-6/h1-5H,16H2,(H,17,19)(H,18,20). The van der Waals surface area contributed by atoms with Gasteiger partial charge in [0.25, 0.3) is 5.91 Å². The van der Waals surface area contributed by atoms with Gasteiger partial charge in [0.05, 0.1) is 16.3 Å². The zero-order valence-corrected chi connectivity index (χ0v) is 13.9. The number of carbonyl (C=O) groups excluding carboxylic acids is 1. The number of nitrogens with one attached hydrogen (secondary N) is 2. The first kappa shape index (κ1) is 15.2. The maximum atomic E-state index is 12.1. The second-order valence-corrected chi connectivity index (χ2v) is 5.95. The van der Waals surface area contributed by atoms with Gasteiger partial charge in [-0.1, -0.05) is 27.5 Å². The van der Waals surface area contributed by atoms with Crippen LogP contribution in [0.3, 0.4) is 0 Å². The van der Waals surface area contributed by atoms with Crippen molar-refractivity contribution in [1.29, 1.82) is 0 Å². The van der Waals surface area contributed by atoms with Gasteiger partial charge in [0.15, 0.2) is 5.82 Å². The smallest absolute Gasteiger partial charge is 0.257 e. The van der Waals surface area contributed by atoms with Crippen molar-refractivity contribution in [1.82, 2.24) is 4.98 Å². The minimum Gasteiger partial charge on any atom is -0.321 e. The Hall–Kier alpha value is -1.15. The van der Waals surface area contributed by atoms with E-state index in [0.717, 1.165) is 8.95 Å². The molecule has 0 atom stereocenters. The van der Waals surface area contributed by atoms with E-state index in [4.69, 9.17) is 17.4 Å². The number of halogens is 3. The van der Waals surface area contributed by atoms with Gasteiger partial charge in [-0.3, -0.25) is 4.79 Å². The van der Waals surface area contributed by atoms with Crippen LogP contribution in [0.15, 0.2) is 39.4 Å². The van der Waals surface area contributed by atoms with E-state index in [9.17, 15) is 4.79 Å². The molecule has 0 radical (unpaired) electrons. The van der Waals surface area contributed by atoms with Crippen molar-refractivity contribution in [2.75, 3.05) is 10.7 Å². The summed E-state index contributed by atoms with van der Waals surface area (Å²) in [5.74, 6) is 5.23. The van der Waals surface area contributed by atoms with E-state index < -0.39 is 0 Å². The maximum absolute atomic E-state index is 12.1. The molecule has 0 saturated carbocycles. The van der Waals surface area contributed by atoms with Crippen LogP contribution in [0.25, 0.3) is 0 Å². The number of nitrogen functional groups attached to an aromatic ring is 1. The Labute approximate surface area is 137 Å². The number of anilines is 2. The molecule has 8 heteroatoms. The van der Waals surface area contributed by atoms with Gasteiger partial charge in [0, 0.05) is 15.1 Å². The van der Waals surface area contributed by atoms with Crippen LogP contribution in [0.5, 0.6) is 0 Å². The third-order valence-corrected chi connectivity index (χ3v) is 3.86. The predicted molar refractivity (Wildman–Crippen MR) is 86.9 cm³/mol. The molecule has 0 bridgehead atoms. The Balaban J connectivity index is 2.21. The van der Waals surface area contributed by atoms with Crippen LogP contribution in [-0.4, -0.2) is 10.9 Å². The lowest BCUT2D eigenvalue weighted by atomic mass is 10.2. The largest absolute Gasteiger partial charge is 0.321 e. The highest BCUT2D eigenvalue weighted by molar-refractivity contribution is 9.11. The van der Waals surface area contributed by atoms with Gasteiger partial charge in [0.2, 0.25) is 0 Å². The third-order valence-electron chi connectivity index (χ3n) is 2.42. The molecule has 5 nitrogen and oxygen atoms in total. The van der Waals surface area contributed by atoms with Crippen molar-refractivity contribution in [3.05, 3.63) is 50.0 Å². The van der Waals surface area contributed by atoms with Gasteiger partial charge in [0.1, 0.15) is 0 Å². The number of benzene rings is 1. The number of rotatable bonds is 3. The van der Waals surface area contributed by atoms with E-state index in [0.29, 0.717) is 17.1 Å². The fourth-order valence-corrected chi connectivity index (χ4v) is 2.82. The average Bonchev–Trinajstić information content (AvgIpc) is 2.41. The molecule has 0 fully saturated rings. The molecule has 1 amide bonds. The predicted octanol–water partition coefficient (Wildman–Crippen LogP) is 3.80. The molecule has 20 heavy (non-hydrogen) atoms. The molecule has 0 unspecified atom stereocenters. The molecule has 1 aromatic heterocycles. The summed E-state index contributed by atoms with van der Waals surface area (Å²) in [6.45, 7) is 0. The van der Waals surface area contributed by atoms with Crippen molar-refractivity contribution in [3.63, 3.8) is 0 Å². The van der Waals surface area contributed by atoms with E-state index in [1.807, 2.05) is 12.1 Å². The highest BCUT2D eigenvalue weighted by Crippen LogP contribution is 2.27. The second kappa shape index (κ2) is 6.53. The molecule has 0 aliphatic carbocycles. The van der Waals surface area contributed by atoms with Crippen molar-refractivity contribution >= 4 is 60.9 Å². The molecule has 2 rings (SSSR count). The monoisotopic (exact) mass is 418 g/mol. The Morgan fingerprint density at radius 1 is 1.30 bits per heavy atom. The molecule has 1 heterocycles. The lowest BCUT2D eigenvalue weighted by molar-refractivity contribution is 0.102. The number of nitrogens with zero attached hydrogens (tertiary/aromatic N) is 1. The number of hydrazine groups is 1. The first-order chi connectivity index (χ1) is 9.51. The van der Waals surface area contributed by atoms with E-state index >= 15 is 0 Å². The van der Waals surface area contributed by atoms with Gasteiger partial charge < -0.3 is 10.7 Å². The fourth-order valence-electron chi connectivity index (χ4n) is 1.45. The van der Waals surface area contributed by atoms with Gasteiger partial charge in [-0.2, -0.15) is 0 Å². The molecule has 0 spiro atoms. The van der Waals surface area contributed by atoms with Crippen LogP contribution < -0.4 is 16.6 Å². The van der Waals surface area contributed by atoms with Gasteiger partial charge in [-0.25, -0.2) is 10.8 Å². The molecule has 1 aromatic carbocycles. The summed E-state index contributed by atoms with van der Waals surface area (Å²) in [5, 5.41) is 3.03. The van der Waals surface area contributed by atoms with Gasteiger partial charge in [-0.05, 0) is 40.2 Å². The van der Waals surface area contributed by atoms with Crippen LogP contribution in [0.1, 0.15) is 10.4 Å². The lowest BCUT2D eigenvalue weighted by Crippen LogP contribution is -2.14. The first-order valence-corrected chi connectivity index (χ1v) is 7.36. The highest BCUT2D eigenvalue weighted by Gasteiger charge is 2.11. The zero-order valence-electron chi connectivity index (χ0n) is 9.95. The van der Waals surface area contributed by atoms with Crippen LogP contribution >= 0.6 is 43.5 Å². The summed E-state index contributed by atoms with van der Waals surface area (Å²) in [7, 11) is 0. The number of pyridine rings is 1. The van der Waals surface area contributed by atoms with Gasteiger partial charge in [-0.15, -0.1) is 0 Å². The number of aromatic nitrogens is 1. The van der Waals surface area contributed by atoms with Crippen molar-refractivity contribution < 1.29 is 4.79 Å². The lowest BCUT2D eigenvalue weighted by Gasteiger charge is -2.09. The van der Waals surface area contributed by atoms with Crippen molar-refractivity contribution in [2.45, 2.75) is 0 Å². The Kier molecular flexibility index (Phi) is 4.98. The van der Waals surface area contributed by atoms with Crippen LogP contribution in [0.4, 0.5) is 11.5 Å². The molecule has 0 aliphatic rings. The number of nitrogens with two attached hydrogens (primary N) is 1. The van der Waals surface area contributed by atoms with E-state index in [1.54, 1.807) is 6.07 Å². The Morgan fingerprint density at radius 2 is 2.05 bits per heavy atom. The number of carbonyl (C=O) groups is 1. The van der Waals surface area contributed by atoms with Crippen LogP contribution in [0, 0.1) is 0 Å². The normalized spacial score (nSPS) is 10.2. The summed E-state index contributed by atoms with van der Waals surface area (Å²) >= 11 is 12.6. The van der Waals surface area contributed by atoms with Crippen molar-refractivity contribution in [3.8, 4) is 0 Å². The molecule has 0 aliphatic heterocycles. The number of hydrogen-bond donors (Lipinski definition) is 3. The fraction of sp³-hybridized carbons (Fsp3) is 0. The molecular formula is C12H9Br2ClN4O. The highest BCUT2D eigenvalue weighted by atomic mass is 79.9. The van der Waals surface area contributed by atoms with E-state index in [1.165, 1.54) is 12.3 Å². The quantitative estimate of drug-likeness (QED) is 0.521. The molecule has 2 aromatic rings. The number of amides is 1. The molecule has 104 valence electrons. The van der Waals surface area contributed by atoms with E-state index in [-0.39, 0.29) is 10.9 Å². The SMILES string of the molecule is NNc1ncc(C(=O)Nc2ccc(Br)cc2Br)cc1Cl. The van der Waals surface area contributed by atoms with Crippen molar-refractivity contribution in [2.24, 2.45) is 5.84 Å². The maximum Gasteiger partial charge on any atom is 0.257 e. The third kappa shape index (κ3) is 3.49. The molecular weight excluding hydrogens is 411 g/mol. The zero-order chi connectivity index (χ0) is 14.7. The minimum absolute atomic E-state index is 0.273. The molecule has 4 N–H and O–H groups in total. The number of hydrogen-bond acceptors (Lipinski definition) is 4. The summed E-state index contributed by atoms with van der Waals surface area (Å²) in [4.78, 5) is 16.1. The molecule has 0 saturated heterocycles. The van der Waals surface area contributed by atoms with Crippen LogP contribution in [-0.2, 0) is 0 Å². The van der Waals surface area contributed by atoms with E-state index in [2.05, 4.69) is 47.6 Å². The second-order valence-electron chi connectivity index (χ2n) is 3.78. The average molecular weight is 420 g/mol. The summed E-state index contributed by atoms with van der Waals surface area (Å²) < 4.78 is 1.67. The van der Waals surface area contributed by atoms with Gasteiger partial charge >= 0.3 is 0 Å². The first-order valence-electron chi connectivity index (χ1n) is 5.40. The summed E-state index contributed by atoms with van der Waals surface area (Å²) in [6, 6.07) is 6.93. The Bertz CT molecular complexity index is 666. The summed E-state index contributed by atoms with van der Waals surface area (Å²) in [6.07, 6.45) is 1.39.